The van der Waals surface area contributed by atoms with Crippen LogP contribution in [0.3, 0.4) is 0 Å². The van der Waals surface area contributed by atoms with Gasteiger partial charge >= 0.3 is 12.1 Å². The second kappa shape index (κ2) is 10.9. The summed E-state index contributed by atoms with van der Waals surface area (Å²) in [5.74, 6) is -1.36. The Bertz CT molecular complexity index is 419. The Kier molecular flexibility index (Phi) is 10.0. The first-order valence-corrected chi connectivity index (χ1v) is 8.05. The van der Waals surface area contributed by atoms with Crippen LogP contribution in [0.5, 0.6) is 0 Å². The van der Waals surface area contributed by atoms with Gasteiger partial charge in [-0.15, -0.1) is 0 Å². The van der Waals surface area contributed by atoms with Gasteiger partial charge in [-0.2, -0.15) is 0 Å². The van der Waals surface area contributed by atoms with Gasteiger partial charge in [-0.1, -0.05) is 20.8 Å². The van der Waals surface area contributed by atoms with E-state index >= 15 is 0 Å². The molecule has 140 valence electrons. The van der Waals surface area contributed by atoms with E-state index < -0.39 is 23.5 Å². The molecule has 0 aliphatic heterocycles. The van der Waals surface area contributed by atoms with Gasteiger partial charge in [-0.3, -0.25) is 4.79 Å². The third kappa shape index (κ3) is 10.0. The van der Waals surface area contributed by atoms with E-state index in [-0.39, 0.29) is 18.6 Å². The Morgan fingerprint density at radius 2 is 1.79 bits per heavy atom. The second-order valence-electron chi connectivity index (χ2n) is 6.68. The van der Waals surface area contributed by atoms with E-state index in [9.17, 15) is 14.4 Å². The van der Waals surface area contributed by atoms with E-state index in [1.807, 2.05) is 0 Å². The summed E-state index contributed by atoms with van der Waals surface area (Å²) in [6.07, 6.45) is 0.739. The molecule has 3 N–H and O–H groups in total. The third-order valence-electron chi connectivity index (χ3n) is 3.33. The van der Waals surface area contributed by atoms with E-state index in [2.05, 4.69) is 10.6 Å². The van der Waals surface area contributed by atoms with Gasteiger partial charge in [0.1, 0.15) is 12.6 Å². The fraction of sp³-hybridized carbons (Fsp3) is 0.812. The smallest absolute Gasteiger partial charge is 0.407 e. The molecule has 2 amide bonds. The number of nitrogens with one attached hydrogen (secondary N) is 2. The molecule has 8 heteroatoms. The van der Waals surface area contributed by atoms with Gasteiger partial charge in [0.25, 0.3) is 0 Å². The van der Waals surface area contributed by atoms with Crippen molar-refractivity contribution in [3.05, 3.63) is 0 Å². The molecule has 0 heterocycles. The molecule has 0 bridgehead atoms. The number of carbonyl (C=O) groups is 3. The number of carbonyl (C=O) groups excluding carboxylic acids is 2. The van der Waals surface area contributed by atoms with E-state index in [0.717, 1.165) is 0 Å². The minimum absolute atomic E-state index is 0.168. The van der Waals surface area contributed by atoms with E-state index in [4.69, 9.17) is 14.6 Å². The van der Waals surface area contributed by atoms with Gasteiger partial charge in [0.2, 0.25) is 5.91 Å². The Balaban J connectivity index is 3.99. The molecule has 0 fully saturated rings. The first kappa shape index (κ1) is 22.2. The third-order valence-corrected chi connectivity index (χ3v) is 3.33. The molecule has 0 saturated carbocycles. The number of alkyl carbamates (subject to hydrolysis) is 1. The first-order valence-electron chi connectivity index (χ1n) is 8.05. The summed E-state index contributed by atoms with van der Waals surface area (Å²) in [5, 5.41) is 14.3. The molecule has 0 aromatic rings. The predicted molar refractivity (Wildman–Crippen MR) is 88.7 cm³/mol. The molecule has 0 saturated heterocycles. The lowest BCUT2D eigenvalue weighted by Crippen LogP contribution is -2.45. The molecular formula is C16H30N2O6. The average Bonchev–Trinajstić information content (AvgIpc) is 2.49. The molecule has 0 radical (unpaired) electrons. The SMILES string of the molecule is COC(C)COC(=O)NCCCCC(NC(=O)C(C)(C)C)C(=O)O. The van der Waals surface area contributed by atoms with E-state index in [1.54, 1.807) is 27.7 Å². The normalized spacial score (nSPS) is 13.7. The molecule has 0 rings (SSSR count). The molecular weight excluding hydrogens is 316 g/mol. The average molecular weight is 346 g/mol. The molecule has 0 aromatic heterocycles. The molecule has 8 nitrogen and oxygen atoms in total. The minimum Gasteiger partial charge on any atom is -0.480 e. The maximum atomic E-state index is 11.9. The summed E-state index contributed by atoms with van der Waals surface area (Å²) in [6.45, 7) is 7.50. The Morgan fingerprint density at radius 3 is 2.29 bits per heavy atom. The van der Waals surface area contributed by atoms with Crippen molar-refractivity contribution in [3.8, 4) is 0 Å². The zero-order chi connectivity index (χ0) is 18.8. The van der Waals surface area contributed by atoms with Crippen LogP contribution in [0.4, 0.5) is 4.79 Å². The predicted octanol–water partition coefficient (Wildman–Crippen LogP) is 1.53. The van der Waals surface area contributed by atoms with Crippen molar-refractivity contribution in [2.45, 2.75) is 59.1 Å². The number of aliphatic carboxylic acids is 1. The Hall–Kier alpha value is -1.83. The number of methoxy groups -OCH3 is 1. The van der Waals surface area contributed by atoms with Crippen molar-refractivity contribution in [2.75, 3.05) is 20.3 Å². The quantitative estimate of drug-likeness (QED) is 0.517. The van der Waals surface area contributed by atoms with Crippen molar-refractivity contribution in [3.63, 3.8) is 0 Å². The largest absolute Gasteiger partial charge is 0.480 e. The summed E-state index contributed by atoms with van der Waals surface area (Å²) in [7, 11) is 1.53. The molecule has 0 spiro atoms. The number of hydrogen-bond donors (Lipinski definition) is 3. The maximum Gasteiger partial charge on any atom is 0.407 e. The van der Waals surface area contributed by atoms with E-state index in [1.165, 1.54) is 7.11 Å². The topological polar surface area (TPSA) is 114 Å². The van der Waals surface area contributed by atoms with Crippen molar-refractivity contribution < 1.29 is 29.0 Å². The number of hydrogen-bond acceptors (Lipinski definition) is 5. The molecule has 0 aliphatic rings. The summed E-state index contributed by atoms with van der Waals surface area (Å²) in [6, 6.07) is -0.925. The minimum atomic E-state index is -1.06. The lowest BCUT2D eigenvalue weighted by Gasteiger charge is -2.21. The first-order chi connectivity index (χ1) is 11.1. The Labute approximate surface area is 143 Å². The van der Waals surface area contributed by atoms with Crippen molar-refractivity contribution in [2.24, 2.45) is 5.41 Å². The molecule has 2 atom stereocenters. The van der Waals surface area contributed by atoms with Crippen molar-refractivity contribution in [1.29, 1.82) is 0 Å². The van der Waals surface area contributed by atoms with Gasteiger partial charge in [0, 0.05) is 19.1 Å². The van der Waals surface area contributed by atoms with Crippen LogP contribution in [0, 0.1) is 5.41 Å². The monoisotopic (exact) mass is 346 g/mol. The second-order valence-corrected chi connectivity index (χ2v) is 6.68. The number of ether oxygens (including phenoxy) is 2. The maximum absolute atomic E-state index is 11.9. The van der Waals surface area contributed by atoms with Gasteiger partial charge in [-0.25, -0.2) is 9.59 Å². The van der Waals surface area contributed by atoms with Gasteiger partial charge in [0.15, 0.2) is 0 Å². The highest BCUT2D eigenvalue weighted by atomic mass is 16.6. The van der Waals surface area contributed by atoms with Crippen LogP contribution in [-0.4, -0.2) is 55.5 Å². The highest BCUT2D eigenvalue weighted by Crippen LogP contribution is 2.14. The van der Waals surface area contributed by atoms with Crippen LogP contribution >= 0.6 is 0 Å². The number of carboxylic acid groups (broad SMARTS) is 1. The number of unbranched alkanes of at least 4 members (excludes halogenated alkanes) is 1. The van der Waals surface area contributed by atoms with Crippen LogP contribution in [0.15, 0.2) is 0 Å². The number of carboxylic acids is 1. The molecule has 2 unspecified atom stereocenters. The zero-order valence-electron chi connectivity index (χ0n) is 15.2. The van der Waals surface area contributed by atoms with E-state index in [0.29, 0.717) is 25.8 Å². The Morgan fingerprint density at radius 1 is 1.17 bits per heavy atom. The molecule has 0 aromatic carbocycles. The van der Waals surface area contributed by atoms with Gasteiger partial charge in [-0.05, 0) is 26.2 Å². The summed E-state index contributed by atoms with van der Waals surface area (Å²) < 4.78 is 9.88. The fourth-order valence-corrected chi connectivity index (χ4v) is 1.61. The zero-order valence-corrected chi connectivity index (χ0v) is 15.2. The molecule has 0 aliphatic carbocycles. The van der Waals surface area contributed by atoms with Crippen LogP contribution in [0.2, 0.25) is 0 Å². The van der Waals surface area contributed by atoms with Gasteiger partial charge in [0.05, 0.1) is 6.10 Å². The summed E-state index contributed by atoms with van der Waals surface area (Å²) in [5.41, 5.74) is -0.641. The van der Waals surface area contributed by atoms with Crippen LogP contribution < -0.4 is 10.6 Å². The highest BCUT2D eigenvalue weighted by Gasteiger charge is 2.26. The fourth-order valence-electron chi connectivity index (χ4n) is 1.61. The number of amides is 2. The van der Waals surface area contributed by atoms with Crippen LogP contribution in [0.25, 0.3) is 0 Å². The standard InChI is InChI=1S/C16H30N2O6/c1-11(23-5)10-24-15(22)17-9-7-6-8-12(13(19)20)18-14(21)16(2,3)4/h11-12H,6-10H2,1-5H3,(H,17,22)(H,18,21)(H,19,20). The number of rotatable bonds is 10. The summed E-state index contributed by atoms with van der Waals surface area (Å²) in [4.78, 5) is 34.4. The highest BCUT2D eigenvalue weighted by molar-refractivity contribution is 5.86. The van der Waals surface area contributed by atoms with Crippen LogP contribution in [-0.2, 0) is 19.1 Å². The van der Waals surface area contributed by atoms with Crippen molar-refractivity contribution >= 4 is 18.0 Å². The lowest BCUT2D eigenvalue weighted by atomic mass is 9.95. The van der Waals surface area contributed by atoms with Gasteiger partial charge < -0.3 is 25.2 Å². The van der Waals surface area contributed by atoms with Crippen LogP contribution in [0.1, 0.15) is 47.0 Å². The lowest BCUT2D eigenvalue weighted by molar-refractivity contribution is -0.143. The van der Waals surface area contributed by atoms with Crippen molar-refractivity contribution in [1.82, 2.24) is 10.6 Å². The molecule has 24 heavy (non-hydrogen) atoms. The summed E-state index contributed by atoms with van der Waals surface area (Å²) >= 11 is 0.